The van der Waals surface area contributed by atoms with Crippen molar-refractivity contribution < 1.29 is 9.18 Å². The van der Waals surface area contributed by atoms with Gasteiger partial charge < -0.3 is 21.7 Å². The zero-order valence-corrected chi connectivity index (χ0v) is 11.0. The number of halogens is 2. The van der Waals surface area contributed by atoms with Crippen molar-refractivity contribution in [1.82, 2.24) is 4.90 Å². The lowest BCUT2D eigenvalue weighted by atomic mass is 10.2. The normalized spacial score (nSPS) is 10.2. The van der Waals surface area contributed by atoms with E-state index in [0.717, 1.165) is 0 Å². The maximum atomic E-state index is 13.8. The van der Waals surface area contributed by atoms with Gasteiger partial charge in [0.05, 0.1) is 23.6 Å². The van der Waals surface area contributed by atoms with Crippen molar-refractivity contribution in [2.75, 3.05) is 36.9 Å². The summed E-state index contributed by atoms with van der Waals surface area (Å²) in [5.74, 6) is -0.926. The average Bonchev–Trinajstić information content (AvgIpc) is 2.34. The minimum absolute atomic E-state index is 0.00736. The number of anilines is 3. The molecule has 0 unspecified atom stereocenters. The van der Waals surface area contributed by atoms with Crippen LogP contribution in [0.25, 0.3) is 0 Å². The molecule has 0 aliphatic carbocycles. The highest BCUT2D eigenvalue weighted by Gasteiger charge is 2.15. The summed E-state index contributed by atoms with van der Waals surface area (Å²) in [7, 11) is 1.65. The fourth-order valence-electron chi connectivity index (χ4n) is 1.32. The number of nitrogens with one attached hydrogen (secondary N) is 1. The molecule has 18 heavy (non-hydrogen) atoms. The lowest BCUT2D eigenvalue weighted by molar-refractivity contribution is -0.127. The molecule has 0 aromatic heterocycles. The van der Waals surface area contributed by atoms with E-state index in [1.54, 1.807) is 7.05 Å². The largest absolute Gasteiger partial charge is 0.397 e. The topological polar surface area (TPSA) is 84.4 Å². The lowest BCUT2D eigenvalue weighted by Crippen LogP contribution is -2.32. The molecule has 0 saturated carbocycles. The monoisotopic (exact) mass is 274 g/mol. The van der Waals surface area contributed by atoms with Crippen LogP contribution in [0.1, 0.15) is 6.92 Å². The number of likely N-dealkylation sites (N-methyl/N-ethyl adjacent to an activating group) is 1. The number of rotatable bonds is 4. The van der Waals surface area contributed by atoms with E-state index in [1.807, 2.05) is 6.92 Å². The summed E-state index contributed by atoms with van der Waals surface area (Å²) < 4.78 is 13.8. The van der Waals surface area contributed by atoms with Crippen LogP contribution in [0.15, 0.2) is 6.07 Å². The Hall–Kier alpha value is -1.69. The van der Waals surface area contributed by atoms with Gasteiger partial charge in [-0.3, -0.25) is 4.79 Å². The molecule has 1 aromatic rings. The molecule has 0 aliphatic rings. The zero-order chi connectivity index (χ0) is 13.9. The number of hydrogen-bond donors (Lipinski definition) is 3. The second-order valence-corrected chi connectivity index (χ2v) is 4.20. The van der Waals surface area contributed by atoms with Crippen molar-refractivity contribution in [3.8, 4) is 0 Å². The first kappa shape index (κ1) is 14.4. The fourth-order valence-corrected chi connectivity index (χ4v) is 1.47. The predicted molar refractivity (Wildman–Crippen MR) is 72.0 cm³/mol. The van der Waals surface area contributed by atoms with Gasteiger partial charge in [-0.1, -0.05) is 11.6 Å². The van der Waals surface area contributed by atoms with Gasteiger partial charge in [-0.25, -0.2) is 4.39 Å². The lowest BCUT2D eigenvalue weighted by Gasteiger charge is -2.17. The Morgan fingerprint density at radius 3 is 2.67 bits per heavy atom. The van der Waals surface area contributed by atoms with E-state index < -0.39 is 5.82 Å². The highest BCUT2D eigenvalue weighted by molar-refractivity contribution is 6.33. The van der Waals surface area contributed by atoms with Crippen LogP contribution in [-0.4, -0.2) is 30.9 Å². The fraction of sp³-hybridized carbons (Fsp3) is 0.364. The van der Waals surface area contributed by atoms with Crippen LogP contribution in [0.2, 0.25) is 5.02 Å². The third kappa shape index (κ3) is 2.95. The molecule has 7 heteroatoms. The van der Waals surface area contributed by atoms with Crippen LogP contribution in [0, 0.1) is 5.82 Å². The van der Waals surface area contributed by atoms with E-state index in [4.69, 9.17) is 23.1 Å². The summed E-state index contributed by atoms with van der Waals surface area (Å²) in [6, 6.07) is 1.35. The Balaban J connectivity index is 2.86. The summed E-state index contributed by atoms with van der Waals surface area (Å²) in [6.45, 7) is 2.35. The number of nitrogens with two attached hydrogens (primary N) is 2. The van der Waals surface area contributed by atoms with Crippen molar-refractivity contribution in [1.29, 1.82) is 0 Å². The molecule has 1 aromatic carbocycles. The zero-order valence-electron chi connectivity index (χ0n) is 10.3. The van der Waals surface area contributed by atoms with Gasteiger partial charge in [-0.05, 0) is 13.0 Å². The van der Waals surface area contributed by atoms with E-state index in [1.165, 1.54) is 11.0 Å². The van der Waals surface area contributed by atoms with E-state index in [2.05, 4.69) is 5.32 Å². The predicted octanol–water partition coefficient (Wildman–Crippen LogP) is 1.53. The number of carbonyl (C=O) groups is 1. The molecule has 0 bridgehead atoms. The van der Waals surface area contributed by atoms with Gasteiger partial charge in [0.15, 0.2) is 5.82 Å². The molecular weight excluding hydrogens is 259 g/mol. The molecule has 0 fully saturated rings. The number of hydrogen-bond acceptors (Lipinski definition) is 4. The Morgan fingerprint density at radius 1 is 1.50 bits per heavy atom. The molecule has 0 saturated heterocycles. The van der Waals surface area contributed by atoms with Crippen LogP contribution in [0.5, 0.6) is 0 Å². The van der Waals surface area contributed by atoms with Crippen LogP contribution in [-0.2, 0) is 4.79 Å². The first-order valence-corrected chi connectivity index (χ1v) is 5.77. The van der Waals surface area contributed by atoms with Crippen molar-refractivity contribution in [2.45, 2.75) is 6.92 Å². The van der Waals surface area contributed by atoms with Gasteiger partial charge in [0, 0.05) is 13.6 Å². The first-order chi connectivity index (χ1) is 8.38. The van der Waals surface area contributed by atoms with E-state index >= 15 is 0 Å². The third-order valence-electron chi connectivity index (χ3n) is 2.58. The molecular formula is C11H16ClFN4O. The molecule has 0 atom stereocenters. The Kier molecular flexibility index (Phi) is 4.61. The van der Waals surface area contributed by atoms with E-state index in [-0.39, 0.29) is 34.5 Å². The number of nitrogen functional groups attached to an aromatic ring is 2. The number of carbonyl (C=O) groups excluding carboxylic acids is 1. The highest BCUT2D eigenvalue weighted by Crippen LogP contribution is 2.33. The van der Waals surface area contributed by atoms with Gasteiger partial charge in [0.2, 0.25) is 5.91 Å². The smallest absolute Gasteiger partial charge is 0.241 e. The van der Waals surface area contributed by atoms with Crippen LogP contribution in [0.3, 0.4) is 0 Å². The number of nitrogens with zero attached hydrogens (tertiary/aromatic N) is 1. The minimum atomic E-state index is -0.749. The summed E-state index contributed by atoms with van der Waals surface area (Å²) >= 11 is 5.67. The molecule has 0 heterocycles. The summed E-state index contributed by atoms with van der Waals surface area (Å²) in [4.78, 5) is 13.1. The molecule has 1 amide bonds. The standard InChI is InChI=1S/C11H16ClFN4O/c1-3-17(2)8(18)5-16-11-7(15)4-6(14)9(12)10(11)13/h4,16H,3,5,14-15H2,1-2H3. The van der Waals surface area contributed by atoms with Crippen molar-refractivity contribution >= 4 is 34.6 Å². The summed E-state index contributed by atoms with van der Waals surface area (Å²) in [5.41, 5.74) is 11.3. The minimum Gasteiger partial charge on any atom is -0.397 e. The molecule has 100 valence electrons. The molecule has 0 spiro atoms. The van der Waals surface area contributed by atoms with Gasteiger partial charge in [-0.2, -0.15) is 0 Å². The number of amides is 1. The van der Waals surface area contributed by atoms with Gasteiger partial charge in [-0.15, -0.1) is 0 Å². The molecule has 5 N–H and O–H groups in total. The van der Waals surface area contributed by atoms with Crippen LogP contribution >= 0.6 is 11.6 Å². The molecule has 0 radical (unpaired) electrons. The van der Waals surface area contributed by atoms with Gasteiger partial charge in [0.25, 0.3) is 0 Å². The second kappa shape index (κ2) is 5.77. The SMILES string of the molecule is CCN(C)C(=O)CNc1c(N)cc(N)c(Cl)c1F. The molecule has 1 rings (SSSR count). The average molecular weight is 275 g/mol. The third-order valence-corrected chi connectivity index (χ3v) is 2.97. The quantitative estimate of drug-likeness (QED) is 0.727. The second-order valence-electron chi connectivity index (χ2n) is 3.82. The first-order valence-electron chi connectivity index (χ1n) is 5.39. The highest BCUT2D eigenvalue weighted by atomic mass is 35.5. The van der Waals surface area contributed by atoms with Crippen molar-refractivity contribution in [3.05, 3.63) is 16.9 Å². The van der Waals surface area contributed by atoms with E-state index in [0.29, 0.717) is 6.54 Å². The Labute approximate surface area is 110 Å². The van der Waals surface area contributed by atoms with Gasteiger partial charge in [0.1, 0.15) is 5.02 Å². The summed E-state index contributed by atoms with van der Waals surface area (Å²) in [5, 5.41) is 2.43. The van der Waals surface area contributed by atoms with Crippen LogP contribution in [0.4, 0.5) is 21.5 Å². The molecule has 0 aliphatic heterocycles. The van der Waals surface area contributed by atoms with Crippen molar-refractivity contribution in [2.24, 2.45) is 0 Å². The summed E-state index contributed by atoms with van der Waals surface area (Å²) in [6.07, 6.45) is 0. The van der Waals surface area contributed by atoms with Crippen LogP contribution < -0.4 is 16.8 Å². The Bertz CT molecular complexity index is 467. The maximum Gasteiger partial charge on any atom is 0.241 e. The number of benzene rings is 1. The van der Waals surface area contributed by atoms with E-state index in [9.17, 15) is 9.18 Å². The van der Waals surface area contributed by atoms with Crippen molar-refractivity contribution in [3.63, 3.8) is 0 Å². The molecule has 5 nitrogen and oxygen atoms in total. The Morgan fingerprint density at radius 2 is 2.11 bits per heavy atom. The maximum absolute atomic E-state index is 13.8. The van der Waals surface area contributed by atoms with Gasteiger partial charge >= 0.3 is 0 Å².